The zero-order valence-electron chi connectivity index (χ0n) is 11.3. The first kappa shape index (κ1) is 14.4. The molecule has 1 aliphatic rings. The Hall–Kier alpha value is -1.00. The highest BCUT2D eigenvalue weighted by molar-refractivity contribution is 6.31. The molecule has 3 N–H and O–H groups in total. The summed E-state index contributed by atoms with van der Waals surface area (Å²) in [5.41, 5.74) is 6.88. The van der Waals surface area contributed by atoms with E-state index in [1.165, 1.54) is 25.3 Å². The summed E-state index contributed by atoms with van der Waals surface area (Å²) in [6.45, 7) is 5.29. The standard InChI is InChI=1S/C14H21ClFN3/c1-10(19-5-3-2-4-6-19)9-18-14-7-11(15)12(16)8-13(14)17/h7-8,10,18H,2-6,9,17H2,1H3. The first-order valence-electron chi connectivity index (χ1n) is 6.80. The monoisotopic (exact) mass is 285 g/mol. The van der Waals surface area contributed by atoms with E-state index in [0.717, 1.165) is 19.6 Å². The number of hydrogen-bond acceptors (Lipinski definition) is 3. The summed E-state index contributed by atoms with van der Waals surface area (Å²) in [7, 11) is 0. The molecule has 0 saturated carbocycles. The van der Waals surface area contributed by atoms with Crippen LogP contribution in [0, 0.1) is 5.82 Å². The molecule has 0 aromatic heterocycles. The lowest BCUT2D eigenvalue weighted by Crippen LogP contribution is -2.41. The Morgan fingerprint density at radius 1 is 1.37 bits per heavy atom. The van der Waals surface area contributed by atoms with Crippen LogP contribution < -0.4 is 11.1 Å². The largest absolute Gasteiger partial charge is 0.397 e. The van der Waals surface area contributed by atoms with Gasteiger partial charge in [-0.2, -0.15) is 0 Å². The predicted octanol–water partition coefficient (Wildman–Crippen LogP) is 3.35. The van der Waals surface area contributed by atoms with Crippen molar-refractivity contribution in [3.63, 3.8) is 0 Å². The Balaban J connectivity index is 1.92. The van der Waals surface area contributed by atoms with Gasteiger partial charge in [-0.1, -0.05) is 18.0 Å². The molecule has 0 spiro atoms. The second-order valence-electron chi connectivity index (χ2n) is 5.18. The summed E-state index contributed by atoms with van der Waals surface area (Å²) in [6.07, 6.45) is 3.88. The summed E-state index contributed by atoms with van der Waals surface area (Å²) >= 11 is 5.77. The Morgan fingerprint density at radius 3 is 2.74 bits per heavy atom. The molecule has 1 fully saturated rings. The molecule has 0 radical (unpaired) electrons. The van der Waals surface area contributed by atoms with Crippen molar-refractivity contribution >= 4 is 23.0 Å². The smallest absolute Gasteiger partial charge is 0.143 e. The van der Waals surface area contributed by atoms with Gasteiger partial charge in [0, 0.05) is 18.7 Å². The average molecular weight is 286 g/mol. The highest BCUT2D eigenvalue weighted by Gasteiger charge is 2.16. The molecule has 1 heterocycles. The molecule has 1 aliphatic heterocycles. The average Bonchev–Trinajstić information content (AvgIpc) is 2.42. The topological polar surface area (TPSA) is 41.3 Å². The summed E-state index contributed by atoms with van der Waals surface area (Å²) in [4.78, 5) is 2.47. The van der Waals surface area contributed by atoms with E-state index in [0.29, 0.717) is 17.4 Å². The molecule has 19 heavy (non-hydrogen) atoms. The molecule has 1 unspecified atom stereocenters. The molecule has 1 aromatic rings. The molecular weight excluding hydrogens is 265 g/mol. The zero-order valence-corrected chi connectivity index (χ0v) is 12.0. The SMILES string of the molecule is CC(CNc1cc(Cl)c(F)cc1N)N1CCCCC1. The molecule has 0 bridgehead atoms. The van der Waals surface area contributed by atoms with Crippen molar-refractivity contribution < 1.29 is 4.39 Å². The fourth-order valence-electron chi connectivity index (χ4n) is 2.46. The number of nitrogens with two attached hydrogens (primary N) is 1. The van der Waals surface area contributed by atoms with Crippen LogP contribution in [0.3, 0.4) is 0 Å². The van der Waals surface area contributed by atoms with Crippen LogP contribution in [0.25, 0.3) is 0 Å². The van der Waals surface area contributed by atoms with Crippen molar-refractivity contribution in [2.45, 2.75) is 32.2 Å². The normalized spacial score (nSPS) is 18.3. The quantitative estimate of drug-likeness (QED) is 0.834. The van der Waals surface area contributed by atoms with Gasteiger partial charge in [0.25, 0.3) is 0 Å². The number of nitrogens with one attached hydrogen (secondary N) is 1. The van der Waals surface area contributed by atoms with Gasteiger partial charge >= 0.3 is 0 Å². The molecular formula is C14H21ClFN3. The van der Waals surface area contributed by atoms with Crippen molar-refractivity contribution in [1.29, 1.82) is 0 Å². The van der Waals surface area contributed by atoms with E-state index < -0.39 is 5.82 Å². The van der Waals surface area contributed by atoms with E-state index in [2.05, 4.69) is 17.1 Å². The Morgan fingerprint density at radius 2 is 2.05 bits per heavy atom. The lowest BCUT2D eigenvalue weighted by atomic mass is 10.1. The maximum atomic E-state index is 13.2. The zero-order chi connectivity index (χ0) is 13.8. The van der Waals surface area contributed by atoms with Gasteiger partial charge in [-0.05, 0) is 38.9 Å². The van der Waals surface area contributed by atoms with Gasteiger partial charge in [-0.15, -0.1) is 0 Å². The number of hydrogen-bond donors (Lipinski definition) is 2. The van der Waals surface area contributed by atoms with E-state index in [1.54, 1.807) is 6.07 Å². The first-order chi connectivity index (χ1) is 9.08. The minimum absolute atomic E-state index is 0.0994. The molecule has 1 atom stereocenters. The van der Waals surface area contributed by atoms with Gasteiger partial charge in [0.15, 0.2) is 0 Å². The van der Waals surface area contributed by atoms with Crippen molar-refractivity contribution in [1.82, 2.24) is 4.90 Å². The second kappa shape index (κ2) is 6.44. The molecule has 0 amide bonds. The number of piperidine rings is 1. The van der Waals surface area contributed by atoms with Gasteiger partial charge in [-0.3, -0.25) is 4.90 Å². The van der Waals surface area contributed by atoms with Crippen LogP contribution in [0.5, 0.6) is 0 Å². The maximum Gasteiger partial charge on any atom is 0.143 e. The summed E-state index contributed by atoms with van der Waals surface area (Å²) in [5.74, 6) is -0.478. The van der Waals surface area contributed by atoms with Crippen LogP contribution in [-0.4, -0.2) is 30.6 Å². The number of anilines is 2. The number of likely N-dealkylation sites (tertiary alicyclic amines) is 1. The molecule has 106 valence electrons. The third-order valence-corrected chi connectivity index (χ3v) is 3.98. The highest BCUT2D eigenvalue weighted by atomic mass is 35.5. The van der Waals surface area contributed by atoms with Crippen LogP contribution in [0.1, 0.15) is 26.2 Å². The Labute approximate surface area is 118 Å². The van der Waals surface area contributed by atoms with Crippen LogP contribution in [0.4, 0.5) is 15.8 Å². The van der Waals surface area contributed by atoms with Crippen molar-refractivity contribution in [2.24, 2.45) is 0 Å². The number of nitrogens with zero attached hydrogens (tertiary/aromatic N) is 1. The Kier molecular flexibility index (Phi) is 4.88. The van der Waals surface area contributed by atoms with Crippen molar-refractivity contribution in [2.75, 3.05) is 30.7 Å². The minimum Gasteiger partial charge on any atom is -0.397 e. The third kappa shape index (κ3) is 3.74. The van der Waals surface area contributed by atoms with E-state index in [-0.39, 0.29) is 5.02 Å². The van der Waals surface area contributed by atoms with Crippen LogP contribution in [0.2, 0.25) is 5.02 Å². The first-order valence-corrected chi connectivity index (χ1v) is 7.18. The van der Waals surface area contributed by atoms with Crippen LogP contribution in [0.15, 0.2) is 12.1 Å². The van der Waals surface area contributed by atoms with E-state index in [4.69, 9.17) is 17.3 Å². The predicted molar refractivity (Wildman–Crippen MR) is 79.2 cm³/mol. The minimum atomic E-state index is -0.478. The van der Waals surface area contributed by atoms with Gasteiger partial charge in [0.05, 0.1) is 16.4 Å². The summed E-state index contributed by atoms with van der Waals surface area (Å²) < 4.78 is 13.2. The lowest BCUT2D eigenvalue weighted by Gasteiger charge is -2.32. The second-order valence-corrected chi connectivity index (χ2v) is 5.59. The van der Waals surface area contributed by atoms with E-state index >= 15 is 0 Å². The van der Waals surface area contributed by atoms with Crippen molar-refractivity contribution in [3.05, 3.63) is 23.0 Å². The molecule has 3 nitrogen and oxygen atoms in total. The molecule has 1 saturated heterocycles. The van der Waals surface area contributed by atoms with Gasteiger partial charge in [0.1, 0.15) is 5.82 Å². The number of halogens is 2. The Bertz CT molecular complexity index is 433. The fourth-order valence-corrected chi connectivity index (χ4v) is 2.62. The molecule has 1 aromatic carbocycles. The van der Waals surface area contributed by atoms with Gasteiger partial charge in [-0.25, -0.2) is 4.39 Å². The summed E-state index contributed by atoms with van der Waals surface area (Å²) in [6, 6.07) is 3.24. The van der Waals surface area contributed by atoms with Crippen LogP contribution in [-0.2, 0) is 0 Å². The maximum absolute atomic E-state index is 13.2. The van der Waals surface area contributed by atoms with E-state index in [1.807, 2.05) is 0 Å². The molecule has 2 rings (SSSR count). The molecule has 0 aliphatic carbocycles. The number of benzene rings is 1. The van der Waals surface area contributed by atoms with Crippen molar-refractivity contribution in [3.8, 4) is 0 Å². The van der Waals surface area contributed by atoms with Gasteiger partial charge < -0.3 is 11.1 Å². The van der Waals surface area contributed by atoms with E-state index in [9.17, 15) is 4.39 Å². The summed E-state index contributed by atoms with van der Waals surface area (Å²) in [5, 5.41) is 3.36. The highest BCUT2D eigenvalue weighted by Crippen LogP contribution is 2.26. The van der Waals surface area contributed by atoms with Gasteiger partial charge in [0.2, 0.25) is 0 Å². The number of nitrogen functional groups attached to an aromatic ring is 1. The number of rotatable bonds is 4. The lowest BCUT2D eigenvalue weighted by molar-refractivity contribution is 0.180. The molecule has 5 heteroatoms. The van der Waals surface area contributed by atoms with Crippen LogP contribution >= 0.6 is 11.6 Å². The fraction of sp³-hybridized carbons (Fsp3) is 0.571. The third-order valence-electron chi connectivity index (χ3n) is 3.69.